The Morgan fingerprint density at radius 1 is 1.24 bits per heavy atom. The average molecular weight is 327 g/mol. The van der Waals surface area contributed by atoms with E-state index in [4.69, 9.17) is 16.3 Å². The van der Waals surface area contributed by atoms with E-state index in [0.29, 0.717) is 18.0 Å². The maximum atomic E-state index is 12.4. The summed E-state index contributed by atoms with van der Waals surface area (Å²) in [5.41, 5.74) is 0.367. The van der Waals surface area contributed by atoms with Crippen LogP contribution in [0, 0.1) is 0 Å². The molecule has 0 fully saturated rings. The van der Waals surface area contributed by atoms with Crippen molar-refractivity contribution in [2.75, 3.05) is 11.3 Å². The molecule has 5 nitrogen and oxygen atoms in total. The number of hydrogen-bond donors (Lipinski definition) is 1. The first-order valence-electron chi connectivity index (χ1n) is 6.39. The van der Waals surface area contributed by atoms with Gasteiger partial charge in [0.1, 0.15) is 15.8 Å². The van der Waals surface area contributed by atoms with E-state index in [2.05, 4.69) is 9.71 Å². The third-order valence-corrected chi connectivity index (χ3v) is 4.42. The van der Waals surface area contributed by atoms with Gasteiger partial charge in [0, 0.05) is 6.20 Å². The number of sulfonamides is 1. The fourth-order valence-electron chi connectivity index (χ4n) is 1.66. The molecule has 0 saturated carbocycles. The molecule has 2 aromatic rings. The zero-order valence-electron chi connectivity index (χ0n) is 11.4. The quantitative estimate of drug-likeness (QED) is 0.827. The van der Waals surface area contributed by atoms with Crippen LogP contribution in [0.25, 0.3) is 0 Å². The number of ether oxygens (including phenoxy) is 1. The lowest BCUT2D eigenvalue weighted by molar-refractivity contribution is 0.319. The molecule has 0 bridgehead atoms. The van der Waals surface area contributed by atoms with Crippen molar-refractivity contribution >= 4 is 27.3 Å². The second-order valence-electron chi connectivity index (χ2n) is 4.24. The van der Waals surface area contributed by atoms with Crippen LogP contribution in [-0.4, -0.2) is 20.0 Å². The summed E-state index contributed by atoms with van der Waals surface area (Å²) in [6.07, 6.45) is 2.26. The van der Waals surface area contributed by atoms with Crippen molar-refractivity contribution in [2.45, 2.75) is 18.2 Å². The summed E-state index contributed by atoms with van der Waals surface area (Å²) in [6, 6.07) is 9.75. The molecule has 7 heteroatoms. The Hall–Kier alpha value is -1.79. The van der Waals surface area contributed by atoms with E-state index in [9.17, 15) is 8.42 Å². The summed E-state index contributed by atoms with van der Waals surface area (Å²) in [6.45, 7) is 2.48. The largest absolute Gasteiger partial charge is 0.491 e. The molecule has 112 valence electrons. The molecule has 0 spiro atoms. The SMILES string of the molecule is CCCOc1ccccc1NS(=O)(=O)c1cccnc1Cl. The highest BCUT2D eigenvalue weighted by atomic mass is 35.5. The molecule has 0 radical (unpaired) electrons. The highest BCUT2D eigenvalue weighted by Gasteiger charge is 2.20. The highest BCUT2D eigenvalue weighted by molar-refractivity contribution is 7.92. The molecule has 0 saturated heterocycles. The van der Waals surface area contributed by atoms with Gasteiger partial charge in [-0.25, -0.2) is 13.4 Å². The van der Waals surface area contributed by atoms with Gasteiger partial charge in [0.05, 0.1) is 12.3 Å². The molecule has 0 unspecified atom stereocenters. The number of nitrogens with one attached hydrogen (secondary N) is 1. The Morgan fingerprint density at radius 3 is 2.71 bits per heavy atom. The lowest BCUT2D eigenvalue weighted by atomic mass is 10.3. The predicted octanol–water partition coefficient (Wildman–Crippen LogP) is 3.32. The zero-order chi connectivity index (χ0) is 15.3. The monoisotopic (exact) mass is 326 g/mol. The summed E-state index contributed by atoms with van der Waals surface area (Å²) in [5, 5.41) is -0.0723. The lowest BCUT2D eigenvalue weighted by Crippen LogP contribution is -2.14. The van der Waals surface area contributed by atoms with Gasteiger partial charge >= 0.3 is 0 Å². The maximum Gasteiger partial charge on any atom is 0.265 e. The third kappa shape index (κ3) is 3.86. The molecule has 1 aromatic carbocycles. The van der Waals surface area contributed by atoms with Crippen LogP contribution in [0.1, 0.15) is 13.3 Å². The molecule has 0 atom stereocenters. The maximum absolute atomic E-state index is 12.4. The summed E-state index contributed by atoms with van der Waals surface area (Å²) < 4.78 is 32.7. The second-order valence-corrected chi connectivity index (χ2v) is 6.25. The number of hydrogen-bond acceptors (Lipinski definition) is 4. The van der Waals surface area contributed by atoms with E-state index in [1.807, 2.05) is 6.92 Å². The molecule has 1 N–H and O–H groups in total. The topological polar surface area (TPSA) is 68.3 Å². The Kier molecular flexibility index (Phi) is 5.03. The fraction of sp³-hybridized carbons (Fsp3) is 0.214. The Morgan fingerprint density at radius 2 is 2.00 bits per heavy atom. The molecule has 21 heavy (non-hydrogen) atoms. The van der Waals surface area contributed by atoms with Crippen LogP contribution in [-0.2, 0) is 10.0 Å². The van der Waals surface area contributed by atoms with E-state index in [0.717, 1.165) is 6.42 Å². The first kappa shape index (κ1) is 15.6. The van der Waals surface area contributed by atoms with Crippen molar-refractivity contribution in [2.24, 2.45) is 0 Å². The van der Waals surface area contributed by atoms with Gasteiger partial charge in [-0.15, -0.1) is 0 Å². The van der Waals surface area contributed by atoms with Gasteiger partial charge in [-0.2, -0.15) is 0 Å². The molecule has 0 amide bonds. The molecule has 2 rings (SSSR count). The van der Waals surface area contributed by atoms with Gasteiger partial charge < -0.3 is 4.74 Å². The Balaban J connectivity index is 2.31. The predicted molar refractivity (Wildman–Crippen MR) is 82.3 cm³/mol. The van der Waals surface area contributed by atoms with Crippen LogP contribution in [0.15, 0.2) is 47.5 Å². The molecular weight excluding hydrogens is 312 g/mol. The van der Waals surface area contributed by atoms with Crippen LogP contribution in [0.2, 0.25) is 5.15 Å². The summed E-state index contributed by atoms with van der Waals surface area (Å²) in [5.74, 6) is 0.475. The number of halogens is 1. The molecule has 0 aliphatic rings. The standard InChI is InChI=1S/C14H15ClN2O3S/c1-2-10-20-12-7-4-3-6-11(12)17-21(18,19)13-8-5-9-16-14(13)15/h3-9,17H,2,10H2,1H3. The Labute approximate surface area is 129 Å². The lowest BCUT2D eigenvalue weighted by Gasteiger charge is -2.13. The highest BCUT2D eigenvalue weighted by Crippen LogP contribution is 2.28. The first-order chi connectivity index (χ1) is 10.0. The van der Waals surface area contributed by atoms with Crippen LogP contribution in [0.3, 0.4) is 0 Å². The van der Waals surface area contributed by atoms with Crippen molar-refractivity contribution in [1.82, 2.24) is 4.98 Å². The number of pyridine rings is 1. The minimum atomic E-state index is -3.82. The van der Waals surface area contributed by atoms with E-state index in [-0.39, 0.29) is 10.0 Å². The van der Waals surface area contributed by atoms with Gasteiger partial charge in [0.15, 0.2) is 0 Å². The molecule has 1 heterocycles. The fourth-order valence-corrected chi connectivity index (χ4v) is 3.18. The van der Waals surface area contributed by atoms with Crippen LogP contribution in [0.5, 0.6) is 5.75 Å². The van der Waals surface area contributed by atoms with Gasteiger partial charge in [-0.05, 0) is 30.7 Å². The van der Waals surface area contributed by atoms with Crippen LogP contribution >= 0.6 is 11.6 Å². The number of para-hydroxylation sites is 2. The number of nitrogens with zero attached hydrogens (tertiary/aromatic N) is 1. The van der Waals surface area contributed by atoms with E-state index >= 15 is 0 Å². The third-order valence-electron chi connectivity index (χ3n) is 2.61. The number of aromatic nitrogens is 1. The van der Waals surface area contributed by atoms with Crippen molar-refractivity contribution in [3.05, 3.63) is 47.7 Å². The Bertz CT molecular complexity index is 720. The smallest absolute Gasteiger partial charge is 0.265 e. The summed E-state index contributed by atoms with van der Waals surface area (Å²) in [7, 11) is -3.82. The second kappa shape index (κ2) is 6.78. The van der Waals surface area contributed by atoms with Crippen molar-refractivity contribution < 1.29 is 13.2 Å². The minimum Gasteiger partial charge on any atom is -0.491 e. The van der Waals surface area contributed by atoms with Crippen LogP contribution < -0.4 is 9.46 Å². The molecule has 0 aliphatic carbocycles. The minimum absolute atomic E-state index is 0.0723. The molecule has 0 aliphatic heterocycles. The van der Waals surface area contributed by atoms with Crippen molar-refractivity contribution in [1.29, 1.82) is 0 Å². The van der Waals surface area contributed by atoms with E-state index in [1.54, 1.807) is 24.3 Å². The van der Waals surface area contributed by atoms with Gasteiger partial charge in [0.2, 0.25) is 0 Å². The van der Waals surface area contributed by atoms with Gasteiger partial charge in [-0.3, -0.25) is 4.72 Å². The van der Waals surface area contributed by atoms with Gasteiger partial charge in [0.25, 0.3) is 10.0 Å². The van der Waals surface area contributed by atoms with Gasteiger partial charge in [-0.1, -0.05) is 30.7 Å². The zero-order valence-corrected chi connectivity index (χ0v) is 13.0. The molecular formula is C14H15ClN2O3S. The molecule has 1 aromatic heterocycles. The number of benzene rings is 1. The average Bonchev–Trinajstić information content (AvgIpc) is 2.46. The van der Waals surface area contributed by atoms with Crippen molar-refractivity contribution in [3.8, 4) is 5.75 Å². The first-order valence-corrected chi connectivity index (χ1v) is 8.26. The van der Waals surface area contributed by atoms with Crippen molar-refractivity contribution in [3.63, 3.8) is 0 Å². The van der Waals surface area contributed by atoms with Crippen LogP contribution in [0.4, 0.5) is 5.69 Å². The van der Waals surface area contributed by atoms with E-state index < -0.39 is 10.0 Å². The van der Waals surface area contributed by atoms with E-state index in [1.165, 1.54) is 18.3 Å². The summed E-state index contributed by atoms with van der Waals surface area (Å²) in [4.78, 5) is 3.70. The number of anilines is 1. The number of rotatable bonds is 6. The normalized spacial score (nSPS) is 11.1. The summed E-state index contributed by atoms with van der Waals surface area (Å²) >= 11 is 5.84.